The molecule has 0 radical (unpaired) electrons. The highest BCUT2D eigenvalue weighted by molar-refractivity contribution is 7.07. The molecule has 0 aliphatic rings. The summed E-state index contributed by atoms with van der Waals surface area (Å²) in [6, 6.07) is 2.14. The Bertz CT molecular complexity index is 320. The third-order valence-corrected chi connectivity index (χ3v) is 3.31. The van der Waals surface area contributed by atoms with Gasteiger partial charge in [-0.05, 0) is 49.2 Å². The van der Waals surface area contributed by atoms with Crippen molar-refractivity contribution in [3.8, 4) is 0 Å². The van der Waals surface area contributed by atoms with Gasteiger partial charge in [-0.2, -0.15) is 11.3 Å². The number of rotatable bonds is 6. The number of carbonyl (C=O) groups is 1. The smallest absolute Gasteiger partial charge is 0.226 e. The Morgan fingerprint density at radius 2 is 2.25 bits per heavy atom. The zero-order valence-electron chi connectivity index (χ0n) is 10.2. The maximum Gasteiger partial charge on any atom is 0.226 e. The topological polar surface area (TPSA) is 41.1 Å². The summed E-state index contributed by atoms with van der Waals surface area (Å²) in [5.41, 5.74) is 1.01. The first-order valence-electron chi connectivity index (χ1n) is 5.50. The van der Waals surface area contributed by atoms with Crippen molar-refractivity contribution in [2.75, 3.05) is 20.1 Å². The minimum Gasteiger partial charge on any atom is -0.359 e. The maximum atomic E-state index is 11.5. The summed E-state index contributed by atoms with van der Waals surface area (Å²) < 4.78 is 0. The van der Waals surface area contributed by atoms with E-state index in [1.54, 1.807) is 18.4 Å². The lowest BCUT2D eigenvalue weighted by Gasteiger charge is -2.22. The fourth-order valence-corrected chi connectivity index (χ4v) is 2.19. The van der Waals surface area contributed by atoms with E-state index in [0.717, 1.165) is 13.0 Å². The number of hydrogen-bond donors (Lipinski definition) is 2. The van der Waals surface area contributed by atoms with Gasteiger partial charge >= 0.3 is 0 Å². The zero-order chi connectivity index (χ0) is 12.0. The van der Waals surface area contributed by atoms with Crippen LogP contribution in [-0.2, 0) is 11.2 Å². The van der Waals surface area contributed by atoms with Crippen LogP contribution in [-0.4, -0.2) is 26.0 Å². The SMILES string of the molecule is CNC(=O)C(C)(C)CNCCc1ccsc1. The lowest BCUT2D eigenvalue weighted by Crippen LogP contribution is -2.42. The fraction of sp³-hybridized carbons (Fsp3) is 0.583. The molecule has 0 atom stereocenters. The highest BCUT2D eigenvalue weighted by atomic mass is 32.1. The summed E-state index contributed by atoms with van der Waals surface area (Å²) in [6.07, 6.45) is 1.02. The minimum absolute atomic E-state index is 0.0792. The van der Waals surface area contributed by atoms with Crippen LogP contribution in [0, 0.1) is 5.41 Å². The van der Waals surface area contributed by atoms with Crippen LogP contribution < -0.4 is 10.6 Å². The quantitative estimate of drug-likeness (QED) is 0.742. The lowest BCUT2D eigenvalue weighted by atomic mass is 9.92. The lowest BCUT2D eigenvalue weighted by molar-refractivity contribution is -0.128. The molecule has 0 aliphatic heterocycles. The van der Waals surface area contributed by atoms with Gasteiger partial charge in [-0.25, -0.2) is 0 Å². The largest absolute Gasteiger partial charge is 0.359 e. The second kappa shape index (κ2) is 6.01. The van der Waals surface area contributed by atoms with Crippen molar-refractivity contribution in [2.45, 2.75) is 20.3 Å². The molecule has 2 N–H and O–H groups in total. The Morgan fingerprint density at radius 1 is 1.50 bits per heavy atom. The highest BCUT2D eigenvalue weighted by Crippen LogP contribution is 2.13. The molecule has 0 spiro atoms. The molecule has 0 fully saturated rings. The van der Waals surface area contributed by atoms with Crippen molar-refractivity contribution >= 4 is 17.2 Å². The van der Waals surface area contributed by atoms with E-state index in [1.165, 1.54) is 5.56 Å². The van der Waals surface area contributed by atoms with Gasteiger partial charge in [0.25, 0.3) is 0 Å². The monoisotopic (exact) mass is 240 g/mol. The maximum absolute atomic E-state index is 11.5. The average molecular weight is 240 g/mol. The van der Waals surface area contributed by atoms with Crippen molar-refractivity contribution in [3.05, 3.63) is 22.4 Å². The van der Waals surface area contributed by atoms with Gasteiger partial charge in [-0.15, -0.1) is 0 Å². The molecule has 0 saturated heterocycles. The molecule has 0 aliphatic carbocycles. The Morgan fingerprint density at radius 3 is 2.81 bits per heavy atom. The molecule has 1 rings (SSSR count). The molecular weight excluding hydrogens is 220 g/mol. The van der Waals surface area contributed by atoms with Gasteiger partial charge in [0.1, 0.15) is 0 Å². The van der Waals surface area contributed by atoms with Crippen molar-refractivity contribution < 1.29 is 4.79 Å². The summed E-state index contributed by atoms with van der Waals surface area (Å²) in [7, 11) is 1.68. The first kappa shape index (κ1) is 13.2. The number of hydrogen-bond acceptors (Lipinski definition) is 3. The van der Waals surface area contributed by atoms with Crippen molar-refractivity contribution in [3.63, 3.8) is 0 Å². The van der Waals surface area contributed by atoms with Gasteiger partial charge in [0.2, 0.25) is 5.91 Å². The van der Waals surface area contributed by atoms with E-state index in [9.17, 15) is 4.79 Å². The fourth-order valence-electron chi connectivity index (χ4n) is 1.49. The van der Waals surface area contributed by atoms with Crippen molar-refractivity contribution in [1.82, 2.24) is 10.6 Å². The van der Waals surface area contributed by atoms with Crippen LogP contribution in [0.2, 0.25) is 0 Å². The van der Waals surface area contributed by atoms with Crippen LogP contribution in [0.4, 0.5) is 0 Å². The summed E-state index contributed by atoms with van der Waals surface area (Å²) in [6.45, 7) is 5.51. The van der Waals surface area contributed by atoms with Crippen LogP contribution in [0.25, 0.3) is 0 Å². The number of amides is 1. The number of nitrogens with one attached hydrogen (secondary N) is 2. The van der Waals surface area contributed by atoms with Crippen molar-refractivity contribution in [1.29, 1.82) is 0 Å². The van der Waals surface area contributed by atoms with Gasteiger partial charge in [-0.1, -0.05) is 0 Å². The molecule has 4 heteroatoms. The number of carbonyl (C=O) groups excluding carboxylic acids is 1. The van der Waals surface area contributed by atoms with Crippen LogP contribution in [0.15, 0.2) is 16.8 Å². The second-order valence-electron chi connectivity index (χ2n) is 4.52. The van der Waals surface area contributed by atoms with E-state index in [4.69, 9.17) is 0 Å². The minimum atomic E-state index is -0.344. The third kappa shape index (κ3) is 3.94. The molecule has 90 valence electrons. The van der Waals surface area contributed by atoms with Crippen LogP contribution in [0.3, 0.4) is 0 Å². The summed E-state index contributed by atoms with van der Waals surface area (Å²) >= 11 is 1.72. The molecule has 1 heterocycles. The molecule has 0 aromatic carbocycles. The predicted octanol–water partition coefficient (Wildman–Crippen LogP) is 1.65. The van der Waals surface area contributed by atoms with E-state index >= 15 is 0 Å². The molecule has 0 saturated carbocycles. The van der Waals surface area contributed by atoms with Gasteiger partial charge < -0.3 is 10.6 Å². The Labute approximate surface area is 101 Å². The van der Waals surface area contributed by atoms with Crippen LogP contribution >= 0.6 is 11.3 Å². The predicted molar refractivity (Wildman–Crippen MR) is 68.7 cm³/mol. The van der Waals surface area contributed by atoms with Gasteiger partial charge in [0, 0.05) is 13.6 Å². The molecule has 1 aromatic rings. The molecule has 3 nitrogen and oxygen atoms in total. The van der Waals surface area contributed by atoms with Crippen LogP contribution in [0.1, 0.15) is 19.4 Å². The van der Waals surface area contributed by atoms with E-state index in [0.29, 0.717) is 6.54 Å². The molecule has 1 amide bonds. The first-order valence-corrected chi connectivity index (χ1v) is 6.44. The molecule has 16 heavy (non-hydrogen) atoms. The molecule has 1 aromatic heterocycles. The van der Waals surface area contributed by atoms with Crippen LogP contribution in [0.5, 0.6) is 0 Å². The zero-order valence-corrected chi connectivity index (χ0v) is 11.0. The normalized spacial score (nSPS) is 11.4. The van der Waals surface area contributed by atoms with E-state index < -0.39 is 0 Å². The van der Waals surface area contributed by atoms with Gasteiger partial charge in [0.05, 0.1) is 5.41 Å². The third-order valence-electron chi connectivity index (χ3n) is 2.58. The summed E-state index contributed by atoms with van der Waals surface area (Å²) in [5.74, 6) is 0.0792. The van der Waals surface area contributed by atoms with E-state index in [2.05, 4.69) is 27.5 Å². The van der Waals surface area contributed by atoms with E-state index in [1.807, 2.05) is 13.8 Å². The second-order valence-corrected chi connectivity index (χ2v) is 5.30. The van der Waals surface area contributed by atoms with Crippen molar-refractivity contribution in [2.24, 2.45) is 5.41 Å². The Kier molecular flexibility index (Phi) is 4.96. The standard InChI is InChI=1S/C12H20N2OS/c1-12(2,11(15)13-3)9-14-6-4-10-5-7-16-8-10/h5,7-8,14H,4,6,9H2,1-3H3,(H,13,15). The average Bonchev–Trinajstić information content (AvgIpc) is 2.76. The first-order chi connectivity index (χ1) is 7.56. The van der Waals surface area contributed by atoms with E-state index in [-0.39, 0.29) is 11.3 Å². The molecule has 0 bridgehead atoms. The highest BCUT2D eigenvalue weighted by Gasteiger charge is 2.25. The summed E-state index contributed by atoms with van der Waals surface area (Å²) in [4.78, 5) is 11.5. The Hall–Kier alpha value is -0.870. The molecular formula is C12H20N2OS. The van der Waals surface area contributed by atoms with Gasteiger partial charge in [0.15, 0.2) is 0 Å². The van der Waals surface area contributed by atoms with Gasteiger partial charge in [-0.3, -0.25) is 4.79 Å². The molecule has 0 unspecified atom stereocenters. The number of thiophene rings is 1. The summed E-state index contributed by atoms with van der Waals surface area (Å²) in [5, 5.41) is 10.3. The Balaban J connectivity index is 2.22.